The molecule has 0 spiro atoms. The fourth-order valence-electron chi connectivity index (χ4n) is 1.80. The molecule has 1 aromatic heterocycles. The van der Waals surface area contributed by atoms with Gasteiger partial charge in [0.2, 0.25) is 0 Å². The van der Waals surface area contributed by atoms with Gasteiger partial charge in [0.25, 0.3) is 0 Å². The zero-order valence-electron chi connectivity index (χ0n) is 12.3. The molecule has 0 aliphatic carbocycles. The molecule has 1 heterocycles. The fourth-order valence-corrected chi connectivity index (χ4v) is 2.70. The van der Waals surface area contributed by atoms with E-state index in [-0.39, 0.29) is 0 Å². The van der Waals surface area contributed by atoms with Crippen LogP contribution >= 0.6 is 11.8 Å². The maximum atomic E-state index is 11.5. The summed E-state index contributed by atoms with van der Waals surface area (Å²) in [7, 11) is 1.33. The van der Waals surface area contributed by atoms with Crippen molar-refractivity contribution >= 4 is 28.8 Å². The number of H-pyrrole nitrogens is 1. The largest absolute Gasteiger partial charge is 0.494 e. The SMILES string of the molecule is CCOc1ccc2nc(SCC(C)(N)C(=O)OC)[nH]c2c1. The molecule has 6 nitrogen and oxygen atoms in total. The highest BCUT2D eigenvalue weighted by atomic mass is 32.2. The third kappa shape index (κ3) is 3.68. The summed E-state index contributed by atoms with van der Waals surface area (Å²) in [5.74, 6) is 0.728. The number of nitrogens with zero attached hydrogens (tertiary/aromatic N) is 1. The van der Waals surface area contributed by atoms with Gasteiger partial charge in [-0.3, -0.25) is 4.79 Å². The van der Waals surface area contributed by atoms with E-state index in [2.05, 4.69) is 14.7 Å². The van der Waals surface area contributed by atoms with Gasteiger partial charge in [-0.25, -0.2) is 4.98 Å². The van der Waals surface area contributed by atoms with Gasteiger partial charge < -0.3 is 20.2 Å². The van der Waals surface area contributed by atoms with Crippen molar-refractivity contribution in [1.82, 2.24) is 9.97 Å². The molecular weight excluding hydrogens is 290 g/mol. The minimum atomic E-state index is -1.05. The first-order valence-electron chi connectivity index (χ1n) is 6.59. The molecule has 7 heteroatoms. The molecule has 0 aliphatic rings. The number of hydrogen-bond acceptors (Lipinski definition) is 6. The molecule has 0 radical (unpaired) electrons. The number of hydrogen-bond donors (Lipinski definition) is 2. The summed E-state index contributed by atoms with van der Waals surface area (Å²) in [6.45, 7) is 4.20. The van der Waals surface area contributed by atoms with Crippen LogP contribution in [-0.4, -0.2) is 40.9 Å². The molecule has 2 aromatic rings. The van der Waals surface area contributed by atoms with Crippen molar-refractivity contribution in [3.8, 4) is 5.75 Å². The third-order valence-electron chi connectivity index (χ3n) is 2.90. The normalized spacial score (nSPS) is 13.9. The number of imidazole rings is 1. The molecule has 0 bridgehead atoms. The molecule has 0 fully saturated rings. The van der Waals surface area contributed by atoms with Crippen molar-refractivity contribution in [3.63, 3.8) is 0 Å². The number of rotatable bonds is 6. The number of thioether (sulfide) groups is 1. The quantitative estimate of drug-likeness (QED) is 0.626. The number of benzene rings is 1. The number of fused-ring (bicyclic) bond motifs is 1. The smallest absolute Gasteiger partial charge is 0.326 e. The van der Waals surface area contributed by atoms with E-state index in [1.807, 2.05) is 25.1 Å². The molecule has 2 rings (SSSR count). The number of aromatic amines is 1. The van der Waals surface area contributed by atoms with Gasteiger partial charge >= 0.3 is 5.97 Å². The van der Waals surface area contributed by atoms with Gasteiger partial charge in [-0.2, -0.15) is 0 Å². The van der Waals surface area contributed by atoms with Gasteiger partial charge in [-0.1, -0.05) is 11.8 Å². The van der Waals surface area contributed by atoms with Crippen LogP contribution in [-0.2, 0) is 9.53 Å². The van der Waals surface area contributed by atoms with E-state index in [0.29, 0.717) is 17.5 Å². The van der Waals surface area contributed by atoms with Crippen LogP contribution in [0.3, 0.4) is 0 Å². The van der Waals surface area contributed by atoms with E-state index in [1.165, 1.54) is 18.9 Å². The Hall–Kier alpha value is -1.73. The van der Waals surface area contributed by atoms with E-state index in [0.717, 1.165) is 16.8 Å². The minimum Gasteiger partial charge on any atom is -0.494 e. The molecule has 21 heavy (non-hydrogen) atoms. The van der Waals surface area contributed by atoms with Crippen molar-refractivity contribution in [3.05, 3.63) is 18.2 Å². The Morgan fingerprint density at radius 3 is 2.95 bits per heavy atom. The number of aromatic nitrogens is 2. The van der Waals surface area contributed by atoms with Gasteiger partial charge in [0.15, 0.2) is 5.16 Å². The lowest BCUT2D eigenvalue weighted by Crippen LogP contribution is -2.48. The first-order valence-corrected chi connectivity index (χ1v) is 7.57. The van der Waals surface area contributed by atoms with Crippen LogP contribution in [0.1, 0.15) is 13.8 Å². The van der Waals surface area contributed by atoms with E-state index in [1.54, 1.807) is 6.92 Å². The Morgan fingerprint density at radius 2 is 2.29 bits per heavy atom. The Balaban J connectivity index is 2.11. The lowest BCUT2D eigenvalue weighted by atomic mass is 10.1. The van der Waals surface area contributed by atoms with Crippen LogP contribution in [0.25, 0.3) is 11.0 Å². The summed E-state index contributed by atoms with van der Waals surface area (Å²) in [5.41, 5.74) is 6.61. The number of nitrogens with one attached hydrogen (secondary N) is 1. The first kappa shape index (κ1) is 15.7. The van der Waals surface area contributed by atoms with E-state index >= 15 is 0 Å². The average molecular weight is 309 g/mol. The van der Waals surface area contributed by atoms with Gasteiger partial charge in [0.05, 0.1) is 24.8 Å². The number of esters is 1. The summed E-state index contributed by atoms with van der Waals surface area (Å²) < 4.78 is 10.1. The van der Waals surface area contributed by atoms with Crippen molar-refractivity contribution in [2.24, 2.45) is 5.73 Å². The van der Waals surface area contributed by atoms with Crippen molar-refractivity contribution in [1.29, 1.82) is 0 Å². The fraction of sp³-hybridized carbons (Fsp3) is 0.429. The summed E-state index contributed by atoms with van der Waals surface area (Å²) in [6.07, 6.45) is 0. The number of nitrogens with two attached hydrogens (primary N) is 1. The van der Waals surface area contributed by atoms with Gasteiger partial charge in [-0.05, 0) is 26.0 Å². The topological polar surface area (TPSA) is 90.2 Å². The number of methoxy groups -OCH3 is 1. The van der Waals surface area contributed by atoms with Crippen molar-refractivity contribution < 1.29 is 14.3 Å². The second-order valence-electron chi connectivity index (χ2n) is 4.85. The van der Waals surface area contributed by atoms with Gasteiger partial charge in [0, 0.05) is 11.8 Å². The van der Waals surface area contributed by atoms with Crippen molar-refractivity contribution in [2.45, 2.75) is 24.5 Å². The van der Waals surface area contributed by atoms with Gasteiger partial charge in [-0.15, -0.1) is 0 Å². The van der Waals surface area contributed by atoms with Crippen LogP contribution < -0.4 is 10.5 Å². The first-order chi connectivity index (χ1) is 9.96. The standard InChI is InChI=1S/C14H19N3O3S/c1-4-20-9-5-6-10-11(7-9)17-13(16-10)21-8-14(2,15)12(18)19-3/h5-7H,4,8,15H2,1-3H3,(H,16,17). The number of carbonyl (C=O) groups excluding carboxylic acids is 1. The molecule has 3 N–H and O–H groups in total. The second kappa shape index (κ2) is 6.36. The maximum absolute atomic E-state index is 11.5. The van der Waals surface area contributed by atoms with E-state index < -0.39 is 11.5 Å². The molecule has 0 saturated heterocycles. The lowest BCUT2D eigenvalue weighted by Gasteiger charge is -2.19. The molecule has 1 atom stereocenters. The van der Waals surface area contributed by atoms with Crippen LogP contribution in [0.5, 0.6) is 5.75 Å². The molecule has 1 aromatic carbocycles. The van der Waals surface area contributed by atoms with Crippen molar-refractivity contribution in [2.75, 3.05) is 19.5 Å². The maximum Gasteiger partial charge on any atom is 0.326 e. The third-order valence-corrected chi connectivity index (χ3v) is 4.11. The van der Waals surface area contributed by atoms with E-state index in [9.17, 15) is 4.79 Å². The molecular formula is C14H19N3O3S. The lowest BCUT2D eigenvalue weighted by molar-refractivity contribution is -0.145. The molecule has 114 valence electrons. The summed E-state index contributed by atoms with van der Waals surface area (Å²) >= 11 is 1.38. The van der Waals surface area contributed by atoms with Crippen LogP contribution in [0.15, 0.2) is 23.4 Å². The highest BCUT2D eigenvalue weighted by Crippen LogP contribution is 2.25. The zero-order chi connectivity index (χ0) is 15.5. The van der Waals surface area contributed by atoms with Gasteiger partial charge in [0.1, 0.15) is 11.3 Å². The van der Waals surface area contributed by atoms with Crippen LogP contribution in [0.2, 0.25) is 0 Å². The number of carbonyl (C=O) groups is 1. The molecule has 0 amide bonds. The molecule has 0 saturated carbocycles. The summed E-state index contributed by atoms with van der Waals surface area (Å²) in [4.78, 5) is 19.2. The Kier molecular flexibility index (Phi) is 4.74. The summed E-state index contributed by atoms with van der Waals surface area (Å²) in [6, 6.07) is 5.67. The molecule has 1 unspecified atom stereocenters. The Labute approximate surface area is 127 Å². The molecule has 0 aliphatic heterocycles. The van der Waals surface area contributed by atoms with Crippen LogP contribution in [0.4, 0.5) is 0 Å². The zero-order valence-corrected chi connectivity index (χ0v) is 13.1. The van der Waals surface area contributed by atoms with Crippen LogP contribution in [0, 0.1) is 0 Å². The van der Waals surface area contributed by atoms with E-state index in [4.69, 9.17) is 10.5 Å². The Morgan fingerprint density at radius 1 is 1.52 bits per heavy atom. The second-order valence-corrected chi connectivity index (χ2v) is 5.82. The highest BCUT2D eigenvalue weighted by Gasteiger charge is 2.30. The predicted molar refractivity (Wildman–Crippen MR) is 82.6 cm³/mol. The number of ether oxygens (including phenoxy) is 2. The average Bonchev–Trinajstić information content (AvgIpc) is 2.87. The summed E-state index contributed by atoms with van der Waals surface area (Å²) in [5, 5.41) is 0.708. The minimum absolute atomic E-state index is 0.373. The monoisotopic (exact) mass is 309 g/mol. The predicted octanol–water partition coefficient (Wildman–Crippen LogP) is 1.94. The highest BCUT2D eigenvalue weighted by molar-refractivity contribution is 7.99. The Bertz CT molecular complexity index is 639.